The molecule has 0 unspecified atom stereocenters. The maximum atomic E-state index is 12.5. The Balaban J connectivity index is 1.70. The van der Waals surface area contributed by atoms with Crippen molar-refractivity contribution in [3.63, 3.8) is 0 Å². The van der Waals surface area contributed by atoms with Crippen LogP contribution in [0.15, 0.2) is 36.7 Å². The van der Waals surface area contributed by atoms with E-state index in [4.69, 9.17) is 4.74 Å². The second-order valence-electron chi connectivity index (χ2n) is 6.04. The summed E-state index contributed by atoms with van der Waals surface area (Å²) in [6.45, 7) is 2.49. The van der Waals surface area contributed by atoms with Gasteiger partial charge in [0.05, 0.1) is 19.0 Å². The van der Waals surface area contributed by atoms with Crippen LogP contribution in [0, 0.1) is 0 Å². The molecule has 130 valence electrons. The fourth-order valence-corrected chi connectivity index (χ4v) is 2.53. The molecule has 1 aromatic carbocycles. The van der Waals surface area contributed by atoms with E-state index in [-0.39, 0.29) is 0 Å². The first kappa shape index (κ1) is 18.4. The quantitative estimate of drug-likeness (QED) is 0.493. The van der Waals surface area contributed by atoms with Crippen molar-refractivity contribution >= 4 is 0 Å². The number of rotatable bonds is 11. The van der Waals surface area contributed by atoms with E-state index in [0.29, 0.717) is 23.7 Å². The van der Waals surface area contributed by atoms with Crippen molar-refractivity contribution in [2.45, 2.75) is 58.5 Å². The molecule has 1 aromatic heterocycles. The van der Waals surface area contributed by atoms with Gasteiger partial charge in [-0.15, -0.1) is 0 Å². The highest BCUT2D eigenvalue weighted by Gasteiger charge is 2.02. The van der Waals surface area contributed by atoms with Crippen LogP contribution in [0.5, 0.6) is 5.75 Å². The highest BCUT2D eigenvalue weighted by atomic mass is 19.1. The molecule has 0 aliphatic heterocycles. The van der Waals surface area contributed by atoms with Gasteiger partial charge in [0, 0.05) is 5.56 Å². The predicted octanol–water partition coefficient (Wildman–Crippen LogP) is 5.74. The summed E-state index contributed by atoms with van der Waals surface area (Å²) in [5.74, 6) is 1.33. The zero-order valence-electron chi connectivity index (χ0n) is 14.5. The number of hydrogen-bond donors (Lipinski definition) is 0. The molecule has 0 saturated carbocycles. The molecule has 0 aliphatic rings. The van der Waals surface area contributed by atoms with Gasteiger partial charge in [0.25, 0.3) is 0 Å². The van der Waals surface area contributed by atoms with Gasteiger partial charge in [0.2, 0.25) is 0 Å². The lowest BCUT2D eigenvalue weighted by molar-refractivity contribution is 0.302. The second kappa shape index (κ2) is 10.7. The summed E-state index contributed by atoms with van der Waals surface area (Å²) >= 11 is 0. The first-order chi connectivity index (χ1) is 11.8. The van der Waals surface area contributed by atoms with Crippen LogP contribution >= 0.6 is 0 Å². The number of nitrogens with zero attached hydrogens (tertiary/aromatic N) is 2. The molecular formula is C20H27FN2O. The van der Waals surface area contributed by atoms with Crippen molar-refractivity contribution in [3.05, 3.63) is 42.2 Å². The Morgan fingerprint density at radius 2 is 1.50 bits per heavy atom. The number of alkyl halides is 1. The molecule has 0 N–H and O–H groups in total. The molecule has 0 amide bonds. The lowest BCUT2D eigenvalue weighted by Crippen LogP contribution is -1.99. The topological polar surface area (TPSA) is 35.0 Å². The van der Waals surface area contributed by atoms with E-state index in [1.165, 1.54) is 38.5 Å². The van der Waals surface area contributed by atoms with Crippen LogP contribution < -0.4 is 4.74 Å². The van der Waals surface area contributed by atoms with Crippen molar-refractivity contribution in [1.82, 2.24) is 9.97 Å². The third-order valence-corrected chi connectivity index (χ3v) is 4.01. The molecule has 24 heavy (non-hydrogen) atoms. The van der Waals surface area contributed by atoms with Crippen LogP contribution in [0.3, 0.4) is 0 Å². The smallest absolute Gasteiger partial charge is 0.159 e. The third-order valence-electron chi connectivity index (χ3n) is 4.01. The Bertz CT molecular complexity index is 569. The highest BCUT2D eigenvalue weighted by Crippen LogP contribution is 2.18. The fourth-order valence-electron chi connectivity index (χ4n) is 2.53. The normalized spacial score (nSPS) is 10.8. The van der Waals surface area contributed by atoms with Crippen molar-refractivity contribution < 1.29 is 9.13 Å². The summed E-state index contributed by atoms with van der Waals surface area (Å²) in [7, 11) is 0. The van der Waals surface area contributed by atoms with Gasteiger partial charge in [-0.25, -0.2) is 14.4 Å². The maximum Gasteiger partial charge on any atom is 0.159 e. The van der Waals surface area contributed by atoms with E-state index in [1.807, 2.05) is 12.1 Å². The van der Waals surface area contributed by atoms with Crippen molar-refractivity contribution in [2.24, 2.45) is 0 Å². The van der Waals surface area contributed by atoms with E-state index in [2.05, 4.69) is 16.9 Å². The van der Waals surface area contributed by atoms with E-state index >= 15 is 0 Å². The Hall–Kier alpha value is -1.97. The second-order valence-corrected chi connectivity index (χ2v) is 6.04. The monoisotopic (exact) mass is 330 g/mol. The molecule has 2 rings (SSSR count). The highest BCUT2D eigenvalue weighted by molar-refractivity contribution is 5.55. The van der Waals surface area contributed by atoms with E-state index in [1.54, 1.807) is 24.5 Å². The van der Waals surface area contributed by atoms with Gasteiger partial charge in [-0.2, -0.15) is 0 Å². The van der Waals surface area contributed by atoms with E-state index in [9.17, 15) is 4.39 Å². The molecule has 4 heteroatoms. The van der Waals surface area contributed by atoms with Crippen LogP contribution in [0.2, 0.25) is 0 Å². The number of benzene rings is 1. The molecule has 3 nitrogen and oxygen atoms in total. The number of hydrogen-bond acceptors (Lipinski definition) is 3. The standard InChI is InChI=1S/C20H27FN2O/c1-2-3-4-5-6-7-8-13-24-19-15-22-20(23-16-19)18-11-9-17(14-21)10-12-18/h9-12,15-16H,2-8,13-14H2,1H3. The minimum absolute atomic E-state index is 0.452. The van der Waals surface area contributed by atoms with Crippen molar-refractivity contribution in [3.8, 4) is 17.1 Å². The van der Waals surface area contributed by atoms with E-state index < -0.39 is 6.67 Å². The van der Waals surface area contributed by atoms with Gasteiger partial charge in [0.1, 0.15) is 6.67 Å². The van der Waals surface area contributed by atoms with Crippen molar-refractivity contribution in [1.29, 1.82) is 0 Å². The summed E-state index contributed by atoms with van der Waals surface area (Å²) in [6, 6.07) is 7.18. The summed E-state index contributed by atoms with van der Waals surface area (Å²) < 4.78 is 18.2. The van der Waals surface area contributed by atoms with Gasteiger partial charge >= 0.3 is 0 Å². The zero-order valence-corrected chi connectivity index (χ0v) is 14.5. The summed E-state index contributed by atoms with van der Waals surface area (Å²) in [5.41, 5.74) is 1.54. The van der Waals surface area contributed by atoms with Crippen LogP contribution in [0.1, 0.15) is 57.4 Å². The van der Waals surface area contributed by atoms with Gasteiger partial charge < -0.3 is 4.74 Å². The molecule has 0 bridgehead atoms. The van der Waals surface area contributed by atoms with Crippen molar-refractivity contribution in [2.75, 3.05) is 6.61 Å². The minimum atomic E-state index is -0.452. The lowest BCUT2D eigenvalue weighted by Gasteiger charge is -2.06. The zero-order chi connectivity index (χ0) is 17.0. The predicted molar refractivity (Wildman–Crippen MR) is 95.8 cm³/mol. The molecule has 2 aromatic rings. The number of aromatic nitrogens is 2. The van der Waals surface area contributed by atoms with Gasteiger partial charge in [0.15, 0.2) is 11.6 Å². The summed E-state index contributed by atoms with van der Waals surface area (Å²) in [5, 5.41) is 0. The average molecular weight is 330 g/mol. The number of ether oxygens (including phenoxy) is 1. The summed E-state index contributed by atoms with van der Waals surface area (Å²) in [4.78, 5) is 8.65. The SMILES string of the molecule is CCCCCCCCCOc1cnc(-c2ccc(CF)cc2)nc1. The Morgan fingerprint density at radius 3 is 2.12 bits per heavy atom. The van der Waals surface area contributed by atoms with Gasteiger partial charge in [-0.05, 0) is 12.0 Å². The first-order valence-corrected chi connectivity index (χ1v) is 8.93. The van der Waals surface area contributed by atoms with Gasteiger partial charge in [-0.1, -0.05) is 69.7 Å². The summed E-state index contributed by atoms with van der Waals surface area (Å²) in [6.07, 6.45) is 12.3. The maximum absolute atomic E-state index is 12.5. The Morgan fingerprint density at radius 1 is 0.875 bits per heavy atom. The van der Waals surface area contributed by atoms with Crippen LogP contribution in [-0.4, -0.2) is 16.6 Å². The van der Waals surface area contributed by atoms with E-state index in [0.717, 1.165) is 12.0 Å². The molecule has 0 aliphatic carbocycles. The lowest BCUT2D eigenvalue weighted by atomic mass is 10.1. The fraction of sp³-hybridized carbons (Fsp3) is 0.500. The molecule has 0 saturated heterocycles. The van der Waals surface area contributed by atoms with Crippen LogP contribution in [0.25, 0.3) is 11.4 Å². The number of halogens is 1. The molecule has 0 fully saturated rings. The minimum Gasteiger partial charge on any atom is -0.490 e. The molecule has 0 radical (unpaired) electrons. The van der Waals surface area contributed by atoms with Gasteiger partial charge in [-0.3, -0.25) is 0 Å². The number of unbranched alkanes of at least 4 members (excludes halogenated alkanes) is 6. The van der Waals surface area contributed by atoms with Crippen LogP contribution in [0.4, 0.5) is 4.39 Å². The average Bonchev–Trinajstić information content (AvgIpc) is 2.64. The third kappa shape index (κ3) is 6.26. The Labute approximate surface area is 144 Å². The van der Waals surface area contributed by atoms with Crippen LogP contribution in [-0.2, 0) is 6.67 Å². The molecule has 1 heterocycles. The Kier molecular flexibility index (Phi) is 8.22. The first-order valence-electron chi connectivity index (χ1n) is 8.93. The molecule has 0 atom stereocenters. The molecular weight excluding hydrogens is 303 g/mol. The largest absolute Gasteiger partial charge is 0.490 e. The molecule has 0 spiro atoms.